The van der Waals surface area contributed by atoms with Crippen LogP contribution in [0.4, 0.5) is 23.2 Å². The van der Waals surface area contributed by atoms with Crippen molar-refractivity contribution >= 4 is 18.3 Å². The number of ether oxygens (including phenoxy) is 1. The third-order valence-corrected chi connectivity index (χ3v) is 1.53. The SMILES string of the molecule is Nc1cc(S)cc(F)c1OC(F)(F)F. The van der Waals surface area contributed by atoms with Gasteiger partial charge in [-0.2, -0.15) is 0 Å². The molecule has 0 unspecified atom stereocenters. The summed E-state index contributed by atoms with van der Waals surface area (Å²) in [7, 11) is 0. The van der Waals surface area contributed by atoms with Crippen molar-refractivity contribution in [2.45, 2.75) is 11.3 Å². The highest BCUT2D eigenvalue weighted by Gasteiger charge is 2.33. The highest BCUT2D eigenvalue weighted by Crippen LogP contribution is 2.32. The van der Waals surface area contributed by atoms with Crippen molar-refractivity contribution in [3.63, 3.8) is 0 Å². The number of hydrogen-bond donors (Lipinski definition) is 2. The van der Waals surface area contributed by atoms with E-state index >= 15 is 0 Å². The van der Waals surface area contributed by atoms with E-state index in [2.05, 4.69) is 17.4 Å². The van der Waals surface area contributed by atoms with Crippen LogP contribution in [0, 0.1) is 5.82 Å². The lowest BCUT2D eigenvalue weighted by atomic mass is 10.3. The Kier molecular flexibility index (Phi) is 2.79. The van der Waals surface area contributed by atoms with E-state index in [0.29, 0.717) is 0 Å². The summed E-state index contributed by atoms with van der Waals surface area (Å²) in [5.74, 6) is -2.23. The van der Waals surface area contributed by atoms with Crippen LogP contribution in [0.15, 0.2) is 17.0 Å². The second-order valence-electron chi connectivity index (χ2n) is 2.39. The van der Waals surface area contributed by atoms with Gasteiger partial charge in [0.1, 0.15) is 0 Å². The molecule has 0 atom stereocenters. The Labute approximate surface area is 82.1 Å². The van der Waals surface area contributed by atoms with Crippen LogP contribution in [0.25, 0.3) is 0 Å². The van der Waals surface area contributed by atoms with E-state index in [1.165, 1.54) is 0 Å². The molecule has 0 spiro atoms. The fourth-order valence-corrected chi connectivity index (χ4v) is 1.08. The molecule has 0 aliphatic carbocycles. The van der Waals surface area contributed by atoms with Crippen molar-refractivity contribution in [1.82, 2.24) is 0 Å². The van der Waals surface area contributed by atoms with Gasteiger partial charge in [0.15, 0.2) is 11.6 Å². The number of rotatable bonds is 1. The molecule has 0 aliphatic heterocycles. The molecule has 7 heteroatoms. The van der Waals surface area contributed by atoms with E-state index in [9.17, 15) is 17.6 Å². The summed E-state index contributed by atoms with van der Waals surface area (Å²) in [6, 6.07) is 1.84. The quantitative estimate of drug-likeness (QED) is 0.439. The highest BCUT2D eigenvalue weighted by molar-refractivity contribution is 7.80. The zero-order chi connectivity index (χ0) is 10.9. The van der Waals surface area contributed by atoms with Crippen molar-refractivity contribution in [3.8, 4) is 5.75 Å². The van der Waals surface area contributed by atoms with Crippen LogP contribution >= 0.6 is 12.6 Å². The van der Waals surface area contributed by atoms with Gasteiger partial charge in [-0.15, -0.1) is 25.8 Å². The molecule has 2 nitrogen and oxygen atoms in total. The Morgan fingerprint density at radius 1 is 1.29 bits per heavy atom. The van der Waals surface area contributed by atoms with Crippen LogP contribution in [0.1, 0.15) is 0 Å². The molecule has 2 N–H and O–H groups in total. The fraction of sp³-hybridized carbons (Fsp3) is 0.143. The molecule has 0 aliphatic rings. The van der Waals surface area contributed by atoms with Crippen LogP contribution in [-0.4, -0.2) is 6.36 Å². The van der Waals surface area contributed by atoms with E-state index < -0.39 is 23.6 Å². The van der Waals surface area contributed by atoms with Gasteiger partial charge in [-0.1, -0.05) is 0 Å². The Bertz CT molecular complexity index is 329. The van der Waals surface area contributed by atoms with Crippen LogP contribution in [-0.2, 0) is 0 Å². The Morgan fingerprint density at radius 3 is 2.29 bits per heavy atom. The second-order valence-corrected chi connectivity index (χ2v) is 2.91. The van der Waals surface area contributed by atoms with Crippen molar-refractivity contribution < 1.29 is 22.3 Å². The standard InChI is InChI=1S/C7H5F4NOS/c8-4-1-3(14)2-5(12)6(4)13-7(9,10)11/h1-2,14H,12H2. The lowest BCUT2D eigenvalue weighted by Gasteiger charge is -2.11. The van der Waals surface area contributed by atoms with Crippen molar-refractivity contribution in [2.24, 2.45) is 0 Å². The minimum absolute atomic E-state index is 0.120. The first kappa shape index (κ1) is 11.0. The van der Waals surface area contributed by atoms with Crippen LogP contribution in [0.3, 0.4) is 0 Å². The Balaban J connectivity index is 3.09. The average Bonchev–Trinajstić information content (AvgIpc) is 1.95. The van der Waals surface area contributed by atoms with Gasteiger partial charge >= 0.3 is 6.36 Å². The zero-order valence-corrected chi connectivity index (χ0v) is 7.49. The van der Waals surface area contributed by atoms with Crippen LogP contribution < -0.4 is 10.5 Å². The third-order valence-electron chi connectivity index (χ3n) is 1.27. The number of halogens is 4. The maximum atomic E-state index is 12.9. The van der Waals surface area contributed by atoms with Crippen molar-refractivity contribution in [3.05, 3.63) is 17.9 Å². The van der Waals surface area contributed by atoms with Crippen molar-refractivity contribution in [2.75, 3.05) is 5.73 Å². The number of nitrogens with two attached hydrogens (primary N) is 1. The summed E-state index contributed by atoms with van der Waals surface area (Å²) in [5.41, 5.74) is 4.66. The lowest BCUT2D eigenvalue weighted by Crippen LogP contribution is -2.19. The summed E-state index contributed by atoms with van der Waals surface area (Å²) in [4.78, 5) is 0.120. The molecule has 0 aromatic heterocycles. The molecule has 14 heavy (non-hydrogen) atoms. The first-order valence-electron chi connectivity index (χ1n) is 3.33. The molecule has 0 heterocycles. The maximum Gasteiger partial charge on any atom is 0.573 e. The van der Waals surface area contributed by atoms with E-state index in [1.807, 2.05) is 0 Å². The molecule has 0 fully saturated rings. The van der Waals surface area contributed by atoms with Gasteiger partial charge in [0.2, 0.25) is 0 Å². The monoisotopic (exact) mass is 227 g/mol. The average molecular weight is 227 g/mol. The molecule has 0 amide bonds. The van der Waals surface area contributed by atoms with Crippen molar-refractivity contribution in [1.29, 1.82) is 0 Å². The molecule has 0 saturated carbocycles. The van der Waals surface area contributed by atoms with Crippen LogP contribution in [0.5, 0.6) is 5.75 Å². The summed E-state index contributed by atoms with van der Waals surface area (Å²) in [6.45, 7) is 0. The summed E-state index contributed by atoms with van der Waals surface area (Å²) in [6.07, 6.45) is -4.97. The first-order valence-corrected chi connectivity index (χ1v) is 3.78. The Hall–Kier alpha value is -1.11. The minimum Gasteiger partial charge on any atom is -0.400 e. The number of thiol groups is 1. The van der Waals surface area contributed by atoms with Gasteiger partial charge in [0.25, 0.3) is 0 Å². The molecular formula is C7H5F4NOS. The molecule has 0 radical (unpaired) electrons. The molecule has 1 aromatic carbocycles. The topological polar surface area (TPSA) is 35.2 Å². The molecular weight excluding hydrogens is 222 g/mol. The van der Waals surface area contributed by atoms with E-state index in [0.717, 1.165) is 12.1 Å². The summed E-state index contributed by atoms with van der Waals surface area (Å²) >= 11 is 3.73. The Morgan fingerprint density at radius 2 is 1.86 bits per heavy atom. The number of anilines is 1. The van der Waals surface area contributed by atoms with Gasteiger partial charge in [-0.3, -0.25) is 0 Å². The highest BCUT2D eigenvalue weighted by atomic mass is 32.1. The number of alkyl halides is 3. The predicted molar refractivity (Wildman–Crippen MR) is 44.7 cm³/mol. The third kappa shape index (κ3) is 2.69. The fourth-order valence-electron chi connectivity index (χ4n) is 0.823. The summed E-state index contributed by atoms with van der Waals surface area (Å²) < 4.78 is 51.5. The van der Waals surface area contributed by atoms with E-state index in [1.54, 1.807) is 0 Å². The predicted octanol–water partition coefficient (Wildman–Crippen LogP) is 2.60. The molecule has 78 valence electrons. The number of hydrogen-bond acceptors (Lipinski definition) is 3. The van der Waals surface area contributed by atoms with E-state index in [-0.39, 0.29) is 4.90 Å². The van der Waals surface area contributed by atoms with Gasteiger partial charge in [0, 0.05) is 4.90 Å². The lowest BCUT2D eigenvalue weighted by molar-refractivity contribution is -0.275. The smallest absolute Gasteiger partial charge is 0.400 e. The van der Waals surface area contributed by atoms with Gasteiger partial charge in [-0.25, -0.2) is 4.39 Å². The first-order chi connectivity index (χ1) is 6.29. The molecule has 0 saturated heterocycles. The number of nitrogen functional groups attached to an aromatic ring is 1. The molecule has 0 bridgehead atoms. The molecule has 1 rings (SSSR count). The van der Waals surface area contributed by atoms with Gasteiger partial charge < -0.3 is 10.5 Å². The number of benzene rings is 1. The normalized spacial score (nSPS) is 11.5. The van der Waals surface area contributed by atoms with Gasteiger partial charge in [-0.05, 0) is 12.1 Å². The summed E-state index contributed by atoms with van der Waals surface area (Å²) in [5, 5.41) is 0. The zero-order valence-electron chi connectivity index (χ0n) is 6.60. The minimum atomic E-state index is -4.97. The second kappa shape index (κ2) is 3.56. The van der Waals surface area contributed by atoms with Gasteiger partial charge in [0.05, 0.1) is 5.69 Å². The largest absolute Gasteiger partial charge is 0.573 e. The van der Waals surface area contributed by atoms with Crippen LogP contribution in [0.2, 0.25) is 0 Å². The molecule has 1 aromatic rings. The van der Waals surface area contributed by atoms with E-state index in [4.69, 9.17) is 5.73 Å². The maximum absolute atomic E-state index is 12.9.